The third kappa shape index (κ3) is 1.40. The van der Waals surface area contributed by atoms with Gasteiger partial charge < -0.3 is 4.74 Å². The van der Waals surface area contributed by atoms with Gasteiger partial charge in [0, 0.05) is 31.7 Å². The largest absolute Gasteiger partial charge is 0.378 e. The van der Waals surface area contributed by atoms with Gasteiger partial charge in [-0.05, 0) is 25.7 Å². The maximum absolute atomic E-state index is 5.71. The summed E-state index contributed by atoms with van der Waals surface area (Å²) < 4.78 is 5.71. The van der Waals surface area contributed by atoms with E-state index < -0.39 is 0 Å². The predicted molar refractivity (Wildman–Crippen MR) is 51.7 cm³/mol. The zero-order chi connectivity index (χ0) is 8.67. The van der Waals surface area contributed by atoms with Gasteiger partial charge in [0.15, 0.2) is 0 Å². The molecule has 2 saturated heterocycles. The molecule has 0 bridgehead atoms. The number of hydrogen-bond acceptors (Lipinski definition) is 2. The highest BCUT2D eigenvalue weighted by atomic mass is 16.5. The van der Waals surface area contributed by atoms with Crippen molar-refractivity contribution < 1.29 is 4.74 Å². The van der Waals surface area contributed by atoms with E-state index in [2.05, 4.69) is 4.90 Å². The Bertz CT molecular complexity index is 191. The standard InChI is InChI=1S/C11H19NO/c1-2-10(3-1)12-6-4-11-9(8-12)5-7-13-11/h9-11H,1-8H2/t9-,11+/m0/s1. The van der Waals surface area contributed by atoms with Gasteiger partial charge in [-0.3, -0.25) is 4.90 Å². The number of ether oxygens (including phenoxy) is 1. The minimum absolute atomic E-state index is 0.622. The van der Waals surface area contributed by atoms with Crippen LogP contribution in [0.15, 0.2) is 0 Å². The lowest BCUT2D eigenvalue weighted by Gasteiger charge is -2.43. The van der Waals surface area contributed by atoms with E-state index in [4.69, 9.17) is 4.74 Å². The van der Waals surface area contributed by atoms with E-state index >= 15 is 0 Å². The summed E-state index contributed by atoms with van der Waals surface area (Å²) in [6, 6.07) is 0.946. The highest BCUT2D eigenvalue weighted by Crippen LogP contribution is 2.33. The molecule has 0 aromatic heterocycles. The first-order chi connectivity index (χ1) is 6.43. The lowest BCUT2D eigenvalue weighted by molar-refractivity contribution is 0.00585. The van der Waals surface area contributed by atoms with E-state index in [1.807, 2.05) is 0 Å². The Kier molecular flexibility index (Phi) is 2.06. The van der Waals surface area contributed by atoms with Crippen molar-refractivity contribution in [3.63, 3.8) is 0 Å². The Labute approximate surface area is 80.2 Å². The summed E-state index contributed by atoms with van der Waals surface area (Å²) in [6.45, 7) is 3.65. The Balaban J connectivity index is 1.60. The summed E-state index contributed by atoms with van der Waals surface area (Å²) in [7, 11) is 0. The Morgan fingerprint density at radius 1 is 1.08 bits per heavy atom. The van der Waals surface area contributed by atoms with E-state index in [-0.39, 0.29) is 0 Å². The smallest absolute Gasteiger partial charge is 0.0628 e. The van der Waals surface area contributed by atoms with Gasteiger partial charge in [0.1, 0.15) is 0 Å². The highest BCUT2D eigenvalue weighted by Gasteiger charge is 2.37. The quantitative estimate of drug-likeness (QED) is 0.610. The van der Waals surface area contributed by atoms with Crippen LogP contribution in [-0.2, 0) is 4.74 Å². The number of fused-ring (bicyclic) bond motifs is 1. The third-order valence-corrected chi connectivity index (χ3v) is 4.11. The second kappa shape index (κ2) is 3.25. The molecule has 1 saturated carbocycles. The zero-order valence-electron chi connectivity index (χ0n) is 8.24. The summed E-state index contributed by atoms with van der Waals surface area (Å²) in [5.41, 5.74) is 0. The van der Waals surface area contributed by atoms with Crippen molar-refractivity contribution in [2.75, 3.05) is 19.7 Å². The van der Waals surface area contributed by atoms with Gasteiger partial charge in [0.2, 0.25) is 0 Å². The Morgan fingerprint density at radius 2 is 2.00 bits per heavy atom. The van der Waals surface area contributed by atoms with Crippen molar-refractivity contribution in [1.82, 2.24) is 4.90 Å². The van der Waals surface area contributed by atoms with Crippen LogP contribution in [-0.4, -0.2) is 36.7 Å². The number of piperidine rings is 1. The molecule has 2 heteroatoms. The minimum Gasteiger partial charge on any atom is -0.378 e. The molecule has 2 atom stereocenters. The molecular weight excluding hydrogens is 162 g/mol. The van der Waals surface area contributed by atoms with E-state index in [1.165, 1.54) is 45.2 Å². The molecule has 0 spiro atoms. The number of likely N-dealkylation sites (tertiary alicyclic amines) is 1. The van der Waals surface area contributed by atoms with Crippen molar-refractivity contribution in [2.45, 2.75) is 44.2 Å². The molecule has 2 nitrogen and oxygen atoms in total. The lowest BCUT2D eigenvalue weighted by Crippen LogP contribution is -2.48. The Hall–Kier alpha value is -0.0800. The van der Waals surface area contributed by atoms with Gasteiger partial charge in [0.05, 0.1) is 6.10 Å². The average Bonchev–Trinajstić information content (AvgIpc) is 2.47. The van der Waals surface area contributed by atoms with Crippen LogP contribution in [0.4, 0.5) is 0 Å². The second-order valence-corrected chi connectivity index (χ2v) is 4.83. The molecule has 0 N–H and O–H groups in total. The van der Waals surface area contributed by atoms with Gasteiger partial charge in [-0.15, -0.1) is 0 Å². The molecule has 2 aliphatic heterocycles. The molecule has 2 heterocycles. The molecule has 1 aliphatic carbocycles. The number of rotatable bonds is 1. The van der Waals surface area contributed by atoms with Gasteiger partial charge in [-0.2, -0.15) is 0 Å². The third-order valence-electron chi connectivity index (χ3n) is 4.11. The molecule has 74 valence electrons. The molecule has 0 aromatic rings. The fourth-order valence-electron chi connectivity index (χ4n) is 2.99. The van der Waals surface area contributed by atoms with Crippen LogP contribution >= 0.6 is 0 Å². The van der Waals surface area contributed by atoms with Gasteiger partial charge in [-0.25, -0.2) is 0 Å². The summed E-state index contributed by atoms with van der Waals surface area (Å²) in [4.78, 5) is 2.72. The van der Waals surface area contributed by atoms with Crippen LogP contribution in [0.2, 0.25) is 0 Å². The Morgan fingerprint density at radius 3 is 2.77 bits per heavy atom. The maximum atomic E-state index is 5.71. The van der Waals surface area contributed by atoms with Crippen LogP contribution in [0.1, 0.15) is 32.1 Å². The monoisotopic (exact) mass is 181 g/mol. The molecular formula is C11H19NO. The van der Waals surface area contributed by atoms with Crippen LogP contribution in [0.25, 0.3) is 0 Å². The first kappa shape index (κ1) is 8.25. The van der Waals surface area contributed by atoms with E-state index in [9.17, 15) is 0 Å². The van der Waals surface area contributed by atoms with E-state index in [1.54, 1.807) is 0 Å². The van der Waals surface area contributed by atoms with Crippen LogP contribution in [0.3, 0.4) is 0 Å². The molecule has 3 fully saturated rings. The van der Waals surface area contributed by atoms with Crippen molar-refractivity contribution >= 4 is 0 Å². The van der Waals surface area contributed by atoms with Crippen molar-refractivity contribution in [2.24, 2.45) is 5.92 Å². The normalized spacial score (nSPS) is 41.5. The summed E-state index contributed by atoms with van der Waals surface area (Å²) in [5.74, 6) is 0.870. The SMILES string of the molecule is C1CC(N2CC[C@H]3OCC[C@H]3C2)C1. The van der Waals surface area contributed by atoms with Crippen molar-refractivity contribution in [1.29, 1.82) is 0 Å². The van der Waals surface area contributed by atoms with Crippen LogP contribution < -0.4 is 0 Å². The lowest BCUT2D eigenvalue weighted by atomic mass is 9.86. The molecule has 0 radical (unpaired) electrons. The maximum Gasteiger partial charge on any atom is 0.0628 e. The number of hydrogen-bond donors (Lipinski definition) is 0. The highest BCUT2D eigenvalue weighted by molar-refractivity contribution is 4.89. The number of nitrogens with zero attached hydrogens (tertiary/aromatic N) is 1. The van der Waals surface area contributed by atoms with Gasteiger partial charge in [-0.1, -0.05) is 6.42 Å². The van der Waals surface area contributed by atoms with Crippen molar-refractivity contribution in [3.8, 4) is 0 Å². The van der Waals surface area contributed by atoms with Gasteiger partial charge in [0.25, 0.3) is 0 Å². The summed E-state index contributed by atoms with van der Waals surface area (Å²) >= 11 is 0. The first-order valence-electron chi connectivity index (χ1n) is 5.79. The molecule has 0 unspecified atom stereocenters. The van der Waals surface area contributed by atoms with Crippen LogP contribution in [0, 0.1) is 5.92 Å². The van der Waals surface area contributed by atoms with Crippen LogP contribution in [0.5, 0.6) is 0 Å². The molecule has 0 aromatic carbocycles. The fourth-order valence-corrected chi connectivity index (χ4v) is 2.99. The summed E-state index contributed by atoms with van der Waals surface area (Å²) in [5, 5.41) is 0. The molecule has 0 amide bonds. The summed E-state index contributed by atoms with van der Waals surface area (Å²) in [6.07, 6.45) is 7.61. The van der Waals surface area contributed by atoms with Crippen molar-refractivity contribution in [3.05, 3.63) is 0 Å². The molecule has 13 heavy (non-hydrogen) atoms. The predicted octanol–water partition coefficient (Wildman–Crippen LogP) is 1.65. The van der Waals surface area contributed by atoms with Gasteiger partial charge >= 0.3 is 0 Å². The fraction of sp³-hybridized carbons (Fsp3) is 1.00. The molecule has 3 aliphatic rings. The first-order valence-corrected chi connectivity index (χ1v) is 5.79. The average molecular weight is 181 g/mol. The van der Waals surface area contributed by atoms with E-state index in [0.29, 0.717) is 6.10 Å². The molecule has 3 rings (SSSR count). The zero-order valence-corrected chi connectivity index (χ0v) is 8.24. The topological polar surface area (TPSA) is 12.5 Å². The minimum atomic E-state index is 0.622. The van der Waals surface area contributed by atoms with E-state index in [0.717, 1.165) is 18.6 Å². The second-order valence-electron chi connectivity index (χ2n) is 4.83.